The molecule has 1 aromatic rings. The second-order valence-corrected chi connectivity index (χ2v) is 8.11. The van der Waals surface area contributed by atoms with E-state index in [0.29, 0.717) is 19.0 Å². The summed E-state index contributed by atoms with van der Waals surface area (Å²) in [6.45, 7) is 0.793. The molecule has 0 fully saturated rings. The van der Waals surface area contributed by atoms with Gasteiger partial charge in [0.15, 0.2) is 11.5 Å². The Morgan fingerprint density at radius 2 is 1.35 bits per heavy atom. The van der Waals surface area contributed by atoms with E-state index in [1.807, 2.05) is 0 Å². The summed E-state index contributed by atoms with van der Waals surface area (Å²) in [4.78, 5) is 11.8. The van der Waals surface area contributed by atoms with Crippen molar-refractivity contribution in [2.75, 3.05) is 20.3 Å². The Morgan fingerprint density at radius 3 is 1.87 bits per heavy atom. The van der Waals surface area contributed by atoms with Crippen LogP contribution in [0.4, 0.5) is 0 Å². The van der Waals surface area contributed by atoms with Gasteiger partial charge in [0.1, 0.15) is 0 Å². The number of unbranched alkanes of at least 4 members (excludes halogenated alkanes) is 13. The molecule has 0 aliphatic rings. The maximum absolute atomic E-state index is 11.8. The van der Waals surface area contributed by atoms with Crippen LogP contribution in [0.15, 0.2) is 24.3 Å². The molecule has 0 amide bonds. The van der Waals surface area contributed by atoms with Gasteiger partial charge in [-0.25, -0.2) is 4.79 Å². The van der Waals surface area contributed by atoms with Crippen LogP contribution in [0.1, 0.15) is 95.5 Å². The number of phenols is 1. The Morgan fingerprint density at radius 1 is 0.839 bits per heavy atom. The Balaban J connectivity index is 1.91. The summed E-state index contributed by atoms with van der Waals surface area (Å²) < 4.78 is 10.3. The summed E-state index contributed by atoms with van der Waals surface area (Å²) in [6, 6.07) is 4.91. The van der Waals surface area contributed by atoms with E-state index in [4.69, 9.17) is 14.6 Å². The van der Waals surface area contributed by atoms with Crippen molar-refractivity contribution in [1.29, 1.82) is 0 Å². The van der Waals surface area contributed by atoms with Crippen molar-refractivity contribution < 1.29 is 24.5 Å². The number of aromatic hydroxyl groups is 1. The zero-order valence-electron chi connectivity index (χ0n) is 19.3. The molecule has 0 saturated heterocycles. The molecule has 0 radical (unpaired) electrons. The summed E-state index contributed by atoms with van der Waals surface area (Å²) in [6.07, 6.45) is 20.2. The van der Waals surface area contributed by atoms with Crippen LogP contribution >= 0.6 is 0 Å². The highest BCUT2D eigenvalue weighted by molar-refractivity contribution is 5.87. The van der Waals surface area contributed by atoms with Gasteiger partial charge >= 0.3 is 5.97 Å². The van der Waals surface area contributed by atoms with E-state index in [0.717, 1.165) is 24.8 Å². The van der Waals surface area contributed by atoms with E-state index in [1.165, 1.54) is 89.9 Å². The number of phenolic OH excluding ortho intramolecular Hbond substituents is 1. The fourth-order valence-electron chi connectivity index (χ4n) is 3.52. The number of aliphatic hydroxyl groups is 1. The first-order valence-corrected chi connectivity index (χ1v) is 12.0. The summed E-state index contributed by atoms with van der Waals surface area (Å²) in [5.74, 6) is 0.102. The van der Waals surface area contributed by atoms with Crippen LogP contribution in [0.3, 0.4) is 0 Å². The highest BCUT2D eigenvalue weighted by Gasteiger charge is 2.02. The van der Waals surface area contributed by atoms with Crippen LogP contribution in [0, 0.1) is 0 Å². The number of methoxy groups -OCH3 is 1. The number of benzene rings is 1. The van der Waals surface area contributed by atoms with Gasteiger partial charge in [-0.1, -0.05) is 83.1 Å². The Bertz CT molecular complexity index is 612. The van der Waals surface area contributed by atoms with Crippen molar-refractivity contribution >= 4 is 12.0 Å². The first kappa shape index (κ1) is 27.0. The van der Waals surface area contributed by atoms with Gasteiger partial charge in [0.2, 0.25) is 0 Å². The van der Waals surface area contributed by atoms with Gasteiger partial charge in [-0.2, -0.15) is 0 Å². The molecular weight excluding hydrogens is 392 g/mol. The summed E-state index contributed by atoms with van der Waals surface area (Å²) in [5.41, 5.74) is 0.768. The SMILES string of the molecule is COc1cc(/C=C/C(=O)OCCCCCCCCCCCCCCCCO)ccc1O. The van der Waals surface area contributed by atoms with Crippen LogP contribution in [0.25, 0.3) is 6.08 Å². The predicted octanol–water partition coefficient (Wildman–Crippen LogP) is 6.41. The first-order chi connectivity index (χ1) is 15.2. The van der Waals surface area contributed by atoms with Crippen molar-refractivity contribution in [2.24, 2.45) is 0 Å². The van der Waals surface area contributed by atoms with Gasteiger partial charge in [-0.15, -0.1) is 0 Å². The van der Waals surface area contributed by atoms with Crippen molar-refractivity contribution in [2.45, 2.75) is 89.9 Å². The highest BCUT2D eigenvalue weighted by Crippen LogP contribution is 2.26. The van der Waals surface area contributed by atoms with Crippen LogP contribution in [-0.2, 0) is 9.53 Å². The minimum Gasteiger partial charge on any atom is -0.504 e. The average molecular weight is 435 g/mol. The number of hydrogen-bond acceptors (Lipinski definition) is 5. The molecular formula is C26H42O5. The second kappa shape index (κ2) is 18.7. The van der Waals surface area contributed by atoms with Crippen LogP contribution in [0.2, 0.25) is 0 Å². The molecule has 31 heavy (non-hydrogen) atoms. The van der Waals surface area contributed by atoms with Gasteiger partial charge in [-0.3, -0.25) is 0 Å². The predicted molar refractivity (Wildman–Crippen MR) is 126 cm³/mol. The lowest BCUT2D eigenvalue weighted by molar-refractivity contribution is -0.137. The molecule has 0 heterocycles. The fourth-order valence-corrected chi connectivity index (χ4v) is 3.52. The smallest absolute Gasteiger partial charge is 0.330 e. The Labute approximate surface area is 188 Å². The number of esters is 1. The second-order valence-electron chi connectivity index (χ2n) is 8.11. The third-order valence-corrected chi connectivity index (χ3v) is 5.41. The van der Waals surface area contributed by atoms with E-state index < -0.39 is 0 Å². The zero-order chi connectivity index (χ0) is 22.6. The minimum absolute atomic E-state index is 0.0727. The number of carbonyl (C=O) groups excluding carboxylic acids is 1. The number of hydrogen-bond donors (Lipinski definition) is 2. The first-order valence-electron chi connectivity index (χ1n) is 12.0. The standard InChI is InChI=1S/C26H42O5/c1-30-25-22-23(16-18-24(25)28)17-19-26(29)31-21-15-13-11-9-7-5-3-2-4-6-8-10-12-14-20-27/h16-19,22,27-28H,2-15,20-21H2,1H3/b19-17+. The van der Waals surface area contributed by atoms with Gasteiger partial charge in [-0.05, 0) is 36.6 Å². The van der Waals surface area contributed by atoms with Crippen LogP contribution < -0.4 is 4.74 Å². The zero-order valence-corrected chi connectivity index (χ0v) is 19.3. The summed E-state index contributed by atoms with van der Waals surface area (Å²) in [5, 5.41) is 18.3. The number of aliphatic hydroxyl groups excluding tert-OH is 1. The normalized spacial score (nSPS) is 11.2. The van der Waals surface area contributed by atoms with Crippen molar-refractivity contribution in [1.82, 2.24) is 0 Å². The molecule has 0 unspecified atom stereocenters. The molecule has 0 aliphatic carbocycles. The largest absolute Gasteiger partial charge is 0.504 e. The number of rotatable bonds is 19. The quantitative estimate of drug-likeness (QED) is 0.149. The lowest BCUT2D eigenvalue weighted by atomic mass is 10.0. The molecule has 0 atom stereocenters. The third kappa shape index (κ3) is 14.6. The molecule has 2 N–H and O–H groups in total. The minimum atomic E-state index is -0.347. The van der Waals surface area contributed by atoms with E-state index in [2.05, 4.69) is 0 Å². The number of carbonyl (C=O) groups is 1. The molecule has 1 aromatic carbocycles. The molecule has 0 saturated carbocycles. The van der Waals surface area contributed by atoms with Gasteiger partial charge in [0, 0.05) is 12.7 Å². The van der Waals surface area contributed by atoms with Gasteiger partial charge in [0.05, 0.1) is 13.7 Å². The summed E-state index contributed by atoms with van der Waals surface area (Å²) >= 11 is 0. The molecule has 5 heteroatoms. The van der Waals surface area contributed by atoms with E-state index in [9.17, 15) is 9.90 Å². The Hall–Kier alpha value is -2.01. The molecule has 0 aliphatic heterocycles. The Kier molecular flexibility index (Phi) is 16.3. The molecule has 1 rings (SSSR count). The summed E-state index contributed by atoms with van der Waals surface area (Å²) in [7, 11) is 1.49. The molecule has 0 spiro atoms. The maximum atomic E-state index is 11.8. The molecule has 176 valence electrons. The lowest BCUT2D eigenvalue weighted by Crippen LogP contribution is -2.02. The van der Waals surface area contributed by atoms with E-state index in [-0.39, 0.29) is 11.7 Å². The molecule has 5 nitrogen and oxygen atoms in total. The van der Waals surface area contributed by atoms with Crippen molar-refractivity contribution in [3.63, 3.8) is 0 Å². The van der Waals surface area contributed by atoms with E-state index >= 15 is 0 Å². The van der Waals surface area contributed by atoms with Crippen molar-refractivity contribution in [3.05, 3.63) is 29.8 Å². The average Bonchev–Trinajstić information content (AvgIpc) is 2.78. The number of ether oxygens (including phenoxy) is 2. The monoisotopic (exact) mass is 434 g/mol. The van der Waals surface area contributed by atoms with Gasteiger partial charge < -0.3 is 19.7 Å². The van der Waals surface area contributed by atoms with Crippen LogP contribution in [-0.4, -0.2) is 36.5 Å². The highest BCUT2D eigenvalue weighted by atomic mass is 16.5. The topological polar surface area (TPSA) is 76.0 Å². The molecule has 0 bridgehead atoms. The fraction of sp³-hybridized carbons (Fsp3) is 0.654. The van der Waals surface area contributed by atoms with Crippen molar-refractivity contribution in [3.8, 4) is 11.5 Å². The third-order valence-electron chi connectivity index (χ3n) is 5.41. The van der Waals surface area contributed by atoms with E-state index in [1.54, 1.807) is 18.2 Å². The lowest BCUT2D eigenvalue weighted by Gasteiger charge is -2.04. The maximum Gasteiger partial charge on any atom is 0.330 e. The van der Waals surface area contributed by atoms with Gasteiger partial charge in [0.25, 0.3) is 0 Å². The van der Waals surface area contributed by atoms with Crippen LogP contribution in [0.5, 0.6) is 11.5 Å². The molecule has 0 aromatic heterocycles.